The zero-order chi connectivity index (χ0) is 8.43. The second kappa shape index (κ2) is 2.30. The van der Waals surface area contributed by atoms with Gasteiger partial charge in [0.2, 0.25) is 0 Å². The van der Waals surface area contributed by atoms with Crippen LogP contribution < -0.4 is 11.3 Å². The van der Waals surface area contributed by atoms with Crippen molar-refractivity contribution in [1.29, 1.82) is 0 Å². The van der Waals surface area contributed by atoms with E-state index < -0.39 is 11.5 Å². The average Bonchev–Trinajstić information content (AvgIpc) is 1.85. The normalized spacial score (nSPS) is 10.6. The lowest BCUT2D eigenvalue weighted by molar-refractivity contribution is 0.0994. The van der Waals surface area contributed by atoms with Gasteiger partial charge >= 0.3 is 0 Å². The number of nitrogens with one attached hydrogen (secondary N) is 1. The van der Waals surface area contributed by atoms with Crippen LogP contribution in [0, 0.1) is 0 Å². The molecule has 0 bridgehead atoms. The first-order valence-corrected chi connectivity index (χ1v) is 2.47. The van der Waals surface area contributed by atoms with Gasteiger partial charge in [-0.1, -0.05) is 0 Å². The minimum atomic E-state index is -0.897. The highest BCUT2D eigenvalue weighted by atomic mass is 16.2. The molecule has 0 unspecified atom stereocenters. The molecule has 0 saturated heterocycles. The third kappa shape index (κ3) is 1.02. The van der Waals surface area contributed by atoms with E-state index in [2.05, 4.69) is 9.97 Å². The molecule has 0 saturated carbocycles. The van der Waals surface area contributed by atoms with Crippen molar-refractivity contribution >= 4 is 5.91 Å². The zero-order valence-corrected chi connectivity index (χ0v) is 4.92. The predicted molar refractivity (Wildman–Crippen MR) is 33.4 cm³/mol. The second-order valence-corrected chi connectivity index (χ2v) is 1.57. The molecule has 0 aliphatic carbocycles. The first kappa shape index (κ1) is 5.16. The fourth-order valence-electron chi connectivity index (χ4n) is 0.488. The highest BCUT2D eigenvalue weighted by molar-refractivity contribution is 5.90. The van der Waals surface area contributed by atoms with E-state index in [9.17, 15) is 9.59 Å². The number of hydrogen-bond acceptors (Lipinski definition) is 3. The van der Waals surface area contributed by atoms with Gasteiger partial charge < -0.3 is 10.7 Å². The molecule has 0 spiro atoms. The van der Waals surface area contributed by atoms with Crippen molar-refractivity contribution in [1.82, 2.24) is 9.97 Å². The Balaban J connectivity index is 3.32. The number of amides is 1. The van der Waals surface area contributed by atoms with Gasteiger partial charge in [-0.2, -0.15) is 0 Å². The zero-order valence-electron chi connectivity index (χ0n) is 5.92. The summed E-state index contributed by atoms with van der Waals surface area (Å²) < 4.78 is 6.90. The SMILES string of the molecule is [2H]c1cnc(C(N)=O)c(=O)[nH]1. The summed E-state index contributed by atoms with van der Waals surface area (Å²) in [6.45, 7) is 0. The average molecular weight is 140 g/mol. The molecule has 1 amide bonds. The Labute approximate surface area is 57.3 Å². The van der Waals surface area contributed by atoms with Crippen LogP contribution in [0.1, 0.15) is 11.9 Å². The summed E-state index contributed by atoms with van der Waals surface area (Å²) in [4.78, 5) is 26.6. The lowest BCUT2D eigenvalue weighted by Gasteiger charge is -1.88. The van der Waals surface area contributed by atoms with Crippen LogP contribution in [0.4, 0.5) is 0 Å². The number of nitrogens with zero attached hydrogens (tertiary/aromatic N) is 1. The van der Waals surface area contributed by atoms with Crippen LogP contribution in [-0.2, 0) is 0 Å². The quantitative estimate of drug-likeness (QED) is 0.517. The summed E-state index contributed by atoms with van der Waals surface area (Å²) in [6, 6.07) is 0. The number of aromatic nitrogens is 2. The van der Waals surface area contributed by atoms with Crippen LogP contribution in [0.25, 0.3) is 0 Å². The number of primary amides is 1. The summed E-state index contributed by atoms with van der Waals surface area (Å²) >= 11 is 0. The van der Waals surface area contributed by atoms with Crippen LogP contribution in [-0.4, -0.2) is 15.9 Å². The van der Waals surface area contributed by atoms with E-state index in [0.29, 0.717) is 0 Å². The third-order valence-electron chi connectivity index (χ3n) is 0.892. The summed E-state index contributed by atoms with van der Waals surface area (Å²) in [5.74, 6) is -0.897. The van der Waals surface area contributed by atoms with Crippen LogP contribution >= 0.6 is 0 Å². The summed E-state index contributed by atoms with van der Waals surface area (Å²) in [7, 11) is 0. The van der Waals surface area contributed by atoms with E-state index in [1.807, 2.05) is 0 Å². The molecule has 1 heterocycles. The number of nitrogens with two attached hydrogens (primary N) is 1. The van der Waals surface area contributed by atoms with Crippen molar-refractivity contribution in [2.75, 3.05) is 0 Å². The van der Waals surface area contributed by atoms with E-state index in [4.69, 9.17) is 7.10 Å². The standard InChI is InChI=1S/C5H5N3O2/c6-4(9)3-5(10)8-2-1-7-3/h1-2H,(H2,6,9)(H,8,10)/i2D. The van der Waals surface area contributed by atoms with Crippen LogP contribution in [0.5, 0.6) is 0 Å². The second-order valence-electron chi connectivity index (χ2n) is 1.57. The van der Waals surface area contributed by atoms with Crippen molar-refractivity contribution in [3.8, 4) is 0 Å². The number of carbonyl (C=O) groups is 1. The lowest BCUT2D eigenvalue weighted by Crippen LogP contribution is -2.24. The molecule has 0 aliphatic heterocycles. The Morgan fingerprint density at radius 1 is 1.90 bits per heavy atom. The first-order valence-electron chi connectivity index (χ1n) is 2.97. The monoisotopic (exact) mass is 140 g/mol. The molecule has 0 aliphatic rings. The van der Waals surface area contributed by atoms with E-state index >= 15 is 0 Å². The Morgan fingerprint density at radius 2 is 2.60 bits per heavy atom. The van der Waals surface area contributed by atoms with E-state index in [0.717, 1.165) is 6.20 Å². The number of rotatable bonds is 1. The minimum absolute atomic E-state index is 0.153. The molecule has 1 aromatic rings. The van der Waals surface area contributed by atoms with E-state index in [-0.39, 0.29) is 11.9 Å². The van der Waals surface area contributed by atoms with Crippen LogP contribution in [0.15, 0.2) is 17.2 Å². The molecule has 0 aromatic carbocycles. The fourth-order valence-corrected chi connectivity index (χ4v) is 0.488. The Hall–Kier alpha value is -1.65. The molecule has 10 heavy (non-hydrogen) atoms. The smallest absolute Gasteiger partial charge is 0.279 e. The Kier molecular flexibility index (Phi) is 1.19. The van der Waals surface area contributed by atoms with E-state index in [1.54, 1.807) is 0 Å². The van der Waals surface area contributed by atoms with Crippen molar-refractivity contribution in [2.45, 2.75) is 0 Å². The van der Waals surface area contributed by atoms with Gasteiger partial charge in [0, 0.05) is 12.4 Å². The molecular weight excluding hydrogens is 134 g/mol. The molecule has 5 nitrogen and oxygen atoms in total. The van der Waals surface area contributed by atoms with Crippen LogP contribution in [0.2, 0.25) is 0 Å². The van der Waals surface area contributed by atoms with Gasteiger partial charge in [-0.05, 0) is 0 Å². The first-order chi connectivity index (χ1) is 5.11. The number of hydrogen-bond donors (Lipinski definition) is 2. The van der Waals surface area contributed by atoms with Gasteiger partial charge in [-0.15, -0.1) is 0 Å². The lowest BCUT2D eigenvalue weighted by atomic mass is 10.4. The van der Waals surface area contributed by atoms with Crippen molar-refractivity contribution in [2.24, 2.45) is 5.73 Å². The van der Waals surface area contributed by atoms with E-state index in [1.165, 1.54) is 0 Å². The van der Waals surface area contributed by atoms with Crippen molar-refractivity contribution < 1.29 is 6.17 Å². The van der Waals surface area contributed by atoms with Crippen LogP contribution in [0.3, 0.4) is 0 Å². The topological polar surface area (TPSA) is 88.8 Å². The molecule has 0 radical (unpaired) electrons. The number of aromatic amines is 1. The fraction of sp³-hybridized carbons (Fsp3) is 0. The molecule has 1 aromatic heterocycles. The van der Waals surface area contributed by atoms with Gasteiger partial charge in [0.15, 0.2) is 5.69 Å². The Bertz CT molecular complexity index is 346. The largest absolute Gasteiger partial charge is 0.364 e. The summed E-state index contributed by atoms with van der Waals surface area (Å²) in [6.07, 6.45) is 0.890. The molecule has 1 rings (SSSR count). The predicted octanol–water partition coefficient (Wildman–Crippen LogP) is -1.13. The Morgan fingerprint density at radius 3 is 3.10 bits per heavy atom. The highest BCUT2D eigenvalue weighted by Crippen LogP contribution is 1.77. The van der Waals surface area contributed by atoms with Crippen molar-refractivity contribution in [3.05, 3.63) is 28.4 Å². The molecule has 0 atom stereocenters. The number of H-pyrrole nitrogens is 1. The third-order valence-corrected chi connectivity index (χ3v) is 0.892. The van der Waals surface area contributed by atoms with Gasteiger partial charge in [0.1, 0.15) is 0 Å². The highest BCUT2D eigenvalue weighted by Gasteiger charge is 2.04. The van der Waals surface area contributed by atoms with Gasteiger partial charge in [0.25, 0.3) is 11.5 Å². The maximum absolute atomic E-state index is 10.7. The molecular formula is C5H5N3O2. The van der Waals surface area contributed by atoms with Crippen molar-refractivity contribution in [3.63, 3.8) is 0 Å². The maximum Gasteiger partial charge on any atom is 0.279 e. The van der Waals surface area contributed by atoms with Gasteiger partial charge in [-0.25, -0.2) is 4.98 Å². The summed E-state index contributed by atoms with van der Waals surface area (Å²) in [5, 5.41) is 0. The summed E-state index contributed by atoms with van der Waals surface area (Å²) in [5.41, 5.74) is 3.68. The molecule has 52 valence electrons. The molecule has 5 heteroatoms. The molecule has 0 fully saturated rings. The molecule has 3 N–H and O–H groups in total. The van der Waals surface area contributed by atoms with Gasteiger partial charge in [-0.3, -0.25) is 9.59 Å². The maximum atomic E-state index is 10.7. The van der Waals surface area contributed by atoms with Gasteiger partial charge in [0.05, 0.1) is 1.37 Å². The number of carbonyl (C=O) groups excluding carboxylic acids is 1. The minimum Gasteiger partial charge on any atom is -0.364 e.